The number of hydrogen-bond donors (Lipinski definition) is 0. The quantitative estimate of drug-likeness (QED) is 0.489. The first-order valence-corrected chi connectivity index (χ1v) is 6.70. The van der Waals surface area contributed by atoms with Gasteiger partial charge in [-0.1, -0.05) is 22.9 Å². The van der Waals surface area contributed by atoms with Crippen molar-refractivity contribution in [1.29, 1.82) is 0 Å². The molecule has 18 heavy (non-hydrogen) atoms. The van der Waals surface area contributed by atoms with Crippen LogP contribution in [0.4, 0.5) is 5.69 Å². The first kappa shape index (κ1) is 13.0. The number of aromatic nitrogens is 1. The molecule has 2 rings (SSSR count). The summed E-state index contributed by atoms with van der Waals surface area (Å²) in [5.41, 5.74) is 1.88. The van der Waals surface area contributed by atoms with Crippen LogP contribution >= 0.6 is 15.9 Å². The molecule has 0 radical (unpaired) electrons. The van der Waals surface area contributed by atoms with Crippen LogP contribution in [0.1, 0.15) is 18.9 Å². The van der Waals surface area contributed by atoms with Gasteiger partial charge in [-0.3, -0.25) is 15.1 Å². The molecule has 0 saturated carbocycles. The van der Waals surface area contributed by atoms with E-state index in [0.717, 1.165) is 23.9 Å². The van der Waals surface area contributed by atoms with Gasteiger partial charge in [0.25, 0.3) is 5.69 Å². The Kier molecular flexibility index (Phi) is 3.91. The van der Waals surface area contributed by atoms with Gasteiger partial charge in [0.15, 0.2) is 0 Å². The average Bonchev–Trinajstić information content (AvgIpc) is 2.38. The van der Waals surface area contributed by atoms with E-state index in [2.05, 4.69) is 27.8 Å². The first-order valence-electron chi connectivity index (χ1n) is 5.78. The van der Waals surface area contributed by atoms with E-state index in [1.165, 1.54) is 0 Å². The molecule has 0 aliphatic carbocycles. The van der Waals surface area contributed by atoms with Crippen LogP contribution in [-0.4, -0.2) is 14.7 Å². The van der Waals surface area contributed by atoms with E-state index < -0.39 is 0 Å². The standard InChI is InChI=1S/C13H13BrN2O2/c1-2-10(14)8-9-5-6-12(16(17)18)11-4-3-7-15-13(9)11/h3-7,10H,2,8H2,1H3. The number of pyridine rings is 1. The van der Waals surface area contributed by atoms with Gasteiger partial charge in [-0.15, -0.1) is 0 Å². The molecule has 1 aromatic carbocycles. The molecule has 0 saturated heterocycles. The molecule has 2 aromatic rings. The molecule has 1 aromatic heterocycles. The highest BCUT2D eigenvalue weighted by molar-refractivity contribution is 9.09. The first-order chi connectivity index (χ1) is 8.63. The molecule has 0 amide bonds. The Morgan fingerprint density at radius 3 is 2.89 bits per heavy atom. The molecule has 0 aliphatic heterocycles. The normalized spacial score (nSPS) is 12.6. The van der Waals surface area contributed by atoms with Crippen molar-refractivity contribution < 1.29 is 4.92 Å². The second kappa shape index (κ2) is 5.44. The molecular formula is C13H13BrN2O2. The molecule has 5 heteroatoms. The number of nitro benzene ring substituents is 1. The lowest BCUT2D eigenvalue weighted by Crippen LogP contribution is -2.02. The minimum atomic E-state index is -0.362. The zero-order valence-electron chi connectivity index (χ0n) is 9.97. The van der Waals surface area contributed by atoms with E-state index in [-0.39, 0.29) is 10.6 Å². The Morgan fingerprint density at radius 1 is 1.44 bits per heavy atom. The molecule has 0 fully saturated rings. The van der Waals surface area contributed by atoms with E-state index in [1.54, 1.807) is 30.5 Å². The van der Waals surface area contributed by atoms with Gasteiger partial charge in [0, 0.05) is 17.1 Å². The molecule has 4 nitrogen and oxygen atoms in total. The molecule has 1 heterocycles. The Morgan fingerprint density at radius 2 is 2.22 bits per heavy atom. The van der Waals surface area contributed by atoms with Crippen molar-refractivity contribution in [3.8, 4) is 0 Å². The number of rotatable bonds is 4. The fraction of sp³-hybridized carbons (Fsp3) is 0.308. The van der Waals surface area contributed by atoms with E-state index in [9.17, 15) is 10.1 Å². The number of fused-ring (bicyclic) bond motifs is 1. The lowest BCUT2D eigenvalue weighted by Gasteiger charge is -2.09. The maximum Gasteiger partial charge on any atom is 0.278 e. The van der Waals surface area contributed by atoms with E-state index in [4.69, 9.17) is 0 Å². The van der Waals surface area contributed by atoms with Crippen LogP contribution < -0.4 is 0 Å². The van der Waals surface area contributed by atoms with Crippen LogP contribution in [0.25, 0.3) is 10.9 Å². The topological polar surface area (TPSA) is 56.0 Å². The van der Waals surface area contributed by atoms with E-state index >= 15 is 0 Å². The zero-order valence-corrected chi connectivity index (χ0v) is 11.6. The monoisotopic (exact) mass is 308 g/mol. The van der Waals surface area contributed by atoms with Gasteiger partial charge in [-0.25, -0.2) is 0 Å². The molecule has 0 aliphatic rings. The van der Waals surface area contributed by atoms with Crippen molar-refractivity contribution in [2.45, 2.75) is 24.6 Å². The molecular weight excluding hydrogens is 296 g/mol. The molecule has 0 bridgehead atoms. The van der Waals surface area contributed by atoms with E-state index in [0.29, 0.717) is 10.2 Å². The average molecular weight is 309 g/mol. The Hall–Kier alpha value is -1.49. The van der Waals surface area contributed by atoms with Crippen LogP contribution in [0.2, 0.25) is 0 Å². The highest BCUT2D eigenvalue weighted by atomic mass is 79.9. The van der Waals surface area contributed by atoms with Gasteiger partial charge in [-0.2, -0.15) is 0 Å². The fourth-order valence-electron chi connectivity index (χ4n) is 1.92. The summed E-state index contributed by atoms with van der Waals surface area (Å²) >= 11 is 3.59. The largest absolute Gasteiger partial charge is 0.278 e. The lowest BCUT2D eigenvalue weighted by molar-refractivity contribution is -0.383. The number of nitrogens with zero attached hydrogens (tertiary/aromatic N) is 2. The summed E-state index contributed by atoms with van der Waals surface area (Å²) in [6, 6.07) is 6.84. The lowest BCUT2D eigenvalue weighted by atomic mass is 10.0. The Balaban J connectivity index is 2.57. The third kappa shape index (κ3) is 2.51. The predicted octanol–water partition coefficient (Wildman–Crippen LogP) is 3.86. The molecule has 1 atom stereocenters. The summed E-state index contributed by atoms with van der Waals surface area (Å²) in [7, 11) is 0. The van der Waals surface area contributed by atoms with Gasteiger partial charge < -0.3 is 0 Å². The minimum Gasteiger partial charge on any atom is -0.258 e. The number of halogens is 1. The number of alkyl halides is 1. The van der Waals surface area contributed by atoms with Gasteiger partial charge >= 0.3 is 0 Å². The smallest absolute Gasteiger partial charge is 0.258 e. The van der Waals surface area contributed by atoms with Crippen LogP contribution in [0.3, 0.4) is 0 Å². The van der Waals surface area contributed by atoms with Crippen molar-refractivity contribution in [3.63, 3.8) is 0 Å². The summed E-state index contributed by atoms with van der Waals surface area (Å²) in [6.07, 6.45) is 3.50. The minimum absolute atomic E-state index is 0.115. The van der Waals surface area contributed by atoms with Gasteiger partial charge in [-0.05, 0) is 36.6 Å². The van der Waals surface area contributed by atoms with Crippen molar-refractivity contribution in [2.75, 3.05) is 0 Å². The summed E-state index contributed by atoms with van der Waals surface area (Å²) in [6.45, 7) is 2.10. The third-order valence-electron chi connectivity index (χ3n) is 2.91. The summed E-state index contributed by atoms with van der Waals surface area (Å²) < 4.78 is 0. The van der Waals surface area contributed by atoms with Crippen LogP contribution in [0, 0.1) is 10.1 Å². The van der Waals surface area contributed by atoms with Gasteiger partial charge in [0.1, 0.15) is 0 Å². The molecule has 94 valence electrons. The number of nitro groups is 1. The van der Waals surface area contributed by atoms with E-state index in [1.807, 2.05) is 0 Å². The van der Waals surface area contributed by atoms with Crippen molar-refractivity contribution in [3.05, 3.63) is 46.1 Å². The Labute approximate surface area is 113 Å². The van der Waals surface area contributed by atoms with Gasteiger partial charge in [0.2, 0.25) is 0 Å². The predicted molar refractivity (Wildman–Crippen MR) is 75.1 cm³/mol. The third-order valence-corrected chi connectivity index (χ3v) is 3.88. The maximum atomic E-state index is 11.0. The molecule has 0 spiro atoms. The number of non-ortho nitro benzene ring substituents is 1. The van der Waals surface area contributed by atoms with Crippen molar-refractivity contribution >= 4 is 32.5 Å². The second-order valence-corrected chi connectivity index (χ2v) is 5.41. The molecule has 0 N–H and O–H groups in total. The SMILES string of the molecule is CCC(Br)Cc1ccc([N+](=O)[O-])c2cccnc12. The van der Waals surface area contributed by atoms with Crippen molar-refractivity contribution in [2.24, 2.45) is 0 Å². The second-order valence-electron chi connectivity index (χ2n) is 4.11. The summed E-state index contributed by atoms with van der Waals surface area (Å²) in [5, 5.41) is 11.6. The van der Waals surface area contributed by atoms with Crippen molar-refractivity contribution in [1.82, 2.24) is 4.98 Å². The summed E-state index contributed by atoms with van der Waals surface area (Å²) in [5.74, 6) is 0. The van der Waals surface area contributed by atoms with Gasteiger partial charge in [0.05, 0.1) is 15.8 Å². The van der Waals surface area contributed by atoms with Crippen LogP contribution in [0.5, 0.6) is 0 Å². The van der Waals surface area contributed by atoms with Crippen LogP contribution in [-0.2, 0) is 6.42 Å². The fourth-order valence-corrected chi connectivity index (χ4v) is 2.27. The highest BCUT2D eigenvalue weighted by Gasteiger charge is 2.15. The summed E-state index contributed by atoms with van der Waals surface area (Å²) in [4.78, 5) is 15.3. The number of benzene rings is 1. The zero-order chi connectivity index (χ0) is 13.1. The number of hydrogen-bond acceptors (Lipinski definition) is 3. The Bertz CT molecular complexity index is 586. The highest BCUT2D eigenvalue weighted by Crippen LogP contribution is 2.28. The molecule has 1 unspecified atom stereocenters. The van der Waals surface area contributed by atoms with Crippen LogP contribution in [0.15, 0.2) is 30.5 Å². The maximum absolute atomic E-state index is 11.0.